The van der Waals surface area contributed by atoms with Crippen LogP contribution in [0.5, 0.6) is 5.75 Å². The second-order valence-electron chi connectivity index (χ2n) is 4.14. The molecule has 1 rings (SSSR count). The first-order valence-corrected chi connectivity index (χ1v) is 6.41. The molecule has 0 fully saturated rings. The van der Waals surface area contributed by atoms with Crippen molar-refractivity contribution in [3.63, 3.8) is 0 Å². The minimum Gasteiger partial charge on any atom is -0.494 e. The predicted octanol–water partition coefficient (Wildman–Crippen LogP) is 2.54. The largest absolute Gasteiger partial charge is 0.494 e. The number of unbranched alkanes of at least 4 members (excludes halogenated alkanes) is 1. The number of aromatic carboxylic acids is 1. The van der Waals surface area contributed by atoms with E-state index in [1.165, 1.54) is 12.8 Å². The fourth-order valence-corrected chi connectivity index (χ4v) is 1.51. The summed E-state index contributed by atoms with van der Waals surface area (Å²) in [5.74, 6) is -0.199. The molecule has 100 valence electrons. The molecule has 1 aromatic rings. The molecule has 0 spiro atoms. The average molecular weight is 251 g/mol. The first-order chi connectivity index (χ1) is 8.74. The van der Waals surface area contributed by atoms with Gasteiger partial charge in [-0.1, -0.05) is 13.3 Å². The summed E-state index contributed by atoms with van der Waals surface area (Å²) in [6, 6.07) is 6.48. The summed E-state index contributed by atoms with van der Waals surface area (Å²) in [5, 5.41) is 12.1. The third-order valence-electron chi connectivity index (χ3n) is 2.57. The minimum atomic E-state index is -0.915. The molecule has 1 aromatic carbocycles. The Morgan fingerprint density at radius 2 is 1.89 bits per heavy atom. The summed E-state index contributed by atoms with van der Waals surface area (Å²) in [7, 11) is 0. The van der Waals surface area contributed by atoms with Crippen molar-refractivity contribution in [2.45, 2.75) is 26.2 Å². The van der Waals surface area contributed by atoms with Crippen molar-refractivity contribution in [3.05, 3.63) is 29.8 Å². The zero-order chi connectivity index (χ0) is 13.2. The summed E-state index contributed by atoms with van der Waals surface area (Å²) in [6.45, 7) is 4.83. The lowest BCUT2D eigenvalue weighted by Gasteiger charge is -2.07. The Morgan fingerprint density at radius 1 is 1.22 bits per heavy atom. The van der Waals surface area contributed by atoms with Gasteiger partial charge in [-0.25, -0.2) is 4.79 Å². The predicted molar refractivity (Wildman–Crippen MR) is 71.3 cm³/mol. The molecule has 0 heterocycles. The maximum atomic E-state index is 10.6. The molecule has 0 atom stereocenters. The highest BCUT2D eigenvalue weighted by Gasteiger charge is 2.01. The fraction of sp³-hybridized carbons (Fsp3) is 0.500. The Morgan fingerprint density at radius 3 is 2.50 bits per heavy atom. The standard InChI is InChI=1S/C14H21NO3/c1-2-3-9-15-10-4-11-18-13-7-5-12(6-8-13)14(16)17/h5-8,15H,2-4,9-11H2,1H3,(H,16,17). The van der Waals surface area contributed by atoms with Gasteiger partial charge in [0.05, 0.1) is 12.2 Å². The van der Waals surface area contributed by atoms with Crippen LogP contribution in [-0.2, 0) is 0 Å². The summed E-state index contributed by atoms with van der Waals surface area (Å²) in [5.41, 5.74) is 0.281. The number of nitrogens with one attached hydrogen (secondary N) is 1. The second kappa shape index (κ2) is 8.53. The van der Waals surface area contributed by atoms with Crippen molar-refractivity contribution in [3.8, 4) is 5.75 Å². The Kier molecular flexibility index (Phi) is 6.87. The SMILES string of the molecule is CCCCNCCCOc1ccc(C(=O)O)cc1. The van der Waals surface area contributed by atoms with E-state index in [0.717, 1.165) is 19.5 Å². The third-order valence-corrected chi connectivity index (χ3v) is 2.57. The van der Waals surface area contributed by atoms with Crippen LogP contribution < -0.4 is 10.1 Å². The molecule has 18 heavy (non-hydrogen) atoms. The Labute approximate surface area is 108 Å². The highest BCUT2D eigenvalue weighted by atomic mass is 16.5. The van der Waals surface area contributed by atoms with Crippen LogP contribution >= 0.6 is 0 Å². The number of hydrogen-bond acceptors (Lipinski definition) is 3. The smallest absolute Gasteiger partial charge is 0.335 e. The van der Waals surface area contributed by atoms with Gasteiger partial charge in [0, 0.05) is 0 Å². The van der Waals surface area contributed by atoms with Crippen LogP contribution in [0.2, 0.25) is 0 Å². The van der Waals surface area contributed by atoms with Gasteiger partial charge < -0.3 is 15.2 Å². The Balaban J connectivity index is 2.14. The van der Waals surface area contributed by atoms with Gasteiger partial charge in [-0.2, -0.15) is 0 Å². The van der Waals surface area contributed by atoms with Crippen LogP contribution in [-0.4, -0.2) is 30.8 Å². The van der Waals surface area contributed by atoms with E-state index in [1.54, 1.807) is 24.3 Å². The van der Waals surface area contributed by atoms with E-state index >= 15 is 0 Å². The van der Waals surface area contributed by atoms with Crippen LogP contribution in [0.4, 0.5) is 0 Å². The number of carbonyl (C=O) groups is 1. The van der Waals surface area contributed by atoms with Crippen LogP contribution in [0.25, 0.3) is 0 Å². The van der Waals surface area contributed by atoms with Crippen LogP contribution in [0, 0.1) is 0 Å². The number of carboxylic acid groups (broad SMARTS) is 1. The quantitative estimate of drug-likeness (QED) is 0.662. The molecule has 0 bridgehead atoms. The van der Waals surface area contributed by atoms with Crippen LogP contribution in [0.15, 0.2) is 24.3 Å². The summed E-state index contributed by atoms with van der Waals surface area (Å²) in [6.07, 6.45) is 3.36. The molecule has 0 aliphatic rings. The van der Waals surface area contributed by atoms with Crippen molar-refractivity contribution in [1.82, 2.24) is 5.32 Å². The molecule has 0 aromatic heterocycles. The molecule has 0 radical (unpaired) electrons. The van der Waals surface area contributed by atoms with Gasteiger partial charge in [-0.05, 0) is 50.2 Å². The first-order valence-electron chi connectivity index (χ1n) is 6.41. The summed E-state index contributed by atoms with van der Waals surface area (Å²) < 4.78 is 5.51. The Bertz CT molecular complexity index is 349. The average Bonchev–Trinajstić information content (AvgIpc) is 2.38. The highest BCUT2D eigenvalue weighted by Crippen LogP contribution is 2.12. The molecule has 0 amide bonds. The van der Waals surface area contributed by atoms with Crippen molar-refractivity contribution < 1.29 is 14.6 Å². The number of rotatable bonds is 9. The van der Waals surface area contributed by atoms with Crippen molar-refractivity contribution in [2.24, 2.45) is 0 Å². The van der Waals surface area contributed by atoms with E-state index in [4.69, 9.17) is 9.84 Å². The Hall–Kier alpha value is -1.55. The molecular formula is C14H21NO3. The zero-order valence-electron chi connectivity index (χ0n) is 10.8. The zero-order valence-corrected chi connectivity index (χ0v) is 10.8. The van der Waals surface area contributed by atoms with E-state index in [-0.39, 0.29) is 5.56 Å². The van der Waals surface area contributed by atoms with Gasteiger partial charge in [-0.15, -0.1) is 0 Å². The first kappa shape index (κ1) is 14.5. The van der Waals surface area contributed by atoms with Crippen molar-refractivity contribution in [1.29, 1.82) is 0 Å². The van der Waals surface area contributed by atoms with Gasteiger partial charge in [0.25, 0.3) is 0 Å². The van der Waals surface area contributed by atoms with Gasteiger partial charge in [0.2, 0.25) is 0 Å². The van der Waals surface area contributed by atoms with Crippen LogP contribution in [0.1, 0.15) is 36.5 Å². The molecule has 0 aliphatic carbocycles. The minimum absolute atomic E-state index is 0.281. The molecule has 0 unspecified atom stereocenters. The van der Waals surface area contributed by atoms with Gasteiger partial charge in [0.1, 0.15) is 5.75 Å². The van der Waals surface area contributed by atoms with Crippen molar-refractivity contribution >= 4 is 5.97 Å². The normalized spacial score (nSPS) is 10.3. The van der Waals surface area contributed by atoms with E-state index in [1.807, 2.05) is 0 Å². The van der Waals surface area contributed by atoms with E-state index in [9.17, 15) is 4.79 Å². The van der Waals surface area contributed by atoms with Crippen LogP contribution in [0.3, 0.4) is 0 Å². The maximum Gasteiger partial charge on any atom is 0.335 e. The van der Waals surface area contributed by atoms with E-state index in [2.05, 4.69) is 12.2 Å². The number of benzene rings is 1. The number of hydrogen-bond donors (Lipinski definition) is 2. The molecule has 4 heteroatoms. The topological polar surface area (TPSA) is 58.6 Å². The second-order valence-corrected chi connectivity index (χ2v) is 4.14. The van der Waals surface area contributed by atoms with E-state index in [0.29, 0.717) is 12.4 Å². The highest BCUT2D eigenvalue weighted by molar-refractivity contribution is 5.87. The summed E-state index contributed by atoms with van der Waals surface area (Å²) >= 11 is 0. The summed E-state index contributed by atoms with van der Waals surface area (Å²) in [4.78, 5) is 10.6. The molecule has 0 saturated carbocycles. The lowest BCUT2D eigenvalue weighted by molar-refractivity contribution is 0.0697. The molecule has 0 saturated heterocycles. The van der Waals surface area contributed by atoms with Crippen molar-refractivity contribution in [2.75, 3.05) is 19.7 Å². The lowest BCUT2D eigenvalue weighted by atomic mass is 10.2. The monoisotopic (exact) mass is 251 g/mol. The van der Waals surface area contributed by atoms with Gasteiger partial charge in [-0.3, -0.25) is 0 Å². The van der Waals surface area contributed by atoms with Gasteiger partial charge in [0.15, 0.2) is 0 Å². The third kappa shape index (κ3) is 5.68. The van der Waals surface area contributed by atoms with Gasteiger partial charge >= 0.3 is 5.97 Å². The number of ether oxygens (including phenoxy) is 1. The molecule has 4 nitrogen and oxygen atoms in total. The number of carboxylic acids is 1. The van der Waals surface area contributed by atoms with E-state index < -0.39 is 5.97 Å². The fourth-order valence-electron chi connectivity index (χ4n) is 1.51. The lowest BCUT2D eigenvalue weighted by Crippen LogP contribution is -2.18. The molecule has 0 aliphatic heterocycles. The molecular weight excluding hydrogens is 230 g/mol. The molecule has 2 N–H and O–H groups in total. The maximum absolute atomic E-state index is 10.6.